The van der Waals surface area contributed by atoms with Crippen LogP contribution >= 0.6 is 11.3 Å². The van der Waals surface area contributed by atoms with E-state index in [0.717, 1.165) is 27.8 Å². The molecule has 1 N–H and O–H groups in total. The predicted octanol–water partition coefficient (Wildman–Crippen LogP) is 2.92. The summed E-state index contributed by atoms with van der Waals surface area (Å²) in [4.78, 5) is 32.4. The zero-order valence-electron chi connectivity index (χ0n) is 15.7. The summed E-state index contributed by atoms with van der Waals surface area (Å²) in [7, 11) is 1.84. The van der Waals surface area contributed by atoms with Gasteiger partial charge in [-0.05, 0) is 42.2 Å². The second kappa shape index (κ2) is 6.74. The summed E-state index contributed by atoms with van der Waals surface area (Å²) in [6.07, 6.45) is 5.38. The van der Waals surface area contributed by atoms with Crippen molar-refractivity contribution in [1.29, 1.82) is 0 Å². The molecule has 1 aliphatic carbocycles. The number of likely N-dealkylation sites (tertiary alicyclic amines) is 1. The number of hydrogen-bond donors (Lipinski definition) is 1. The van der Waals surface area contributed by atoms with Crippen LogP contribution in [0.4, 0.5) is 0 Å². The van der Waals surface area contributed by atoms with E-state index in [1.54, 1.807) is 17.1 Å². The Hall–Kier alpha value is -2.67. The third-order valence-electron chi connectivity index (χ3n) is 6.10. The minimum absolute atomic E-state index is 0.00881. The maximum atomic E-state index is 12.9. The molecule has 2 fully saturated rings. The van der Waals surface area contributed by atoms with Crippen molar-refractivity contribution in [1.82, 2.24) is 19.8 Å². The highest BCUT2D eigenvalue weighted by molar-refractivity contribution is 7.20. The van der Waals surface area contributed by atoms with Gasteiger partial charge in [0.05, 0.1) is 17.4 Å². The van der Waals surface area contributed by atoms with Crippen LogP contribution < -0.4 is 5.32 Å². The van der Waals surface area contributed by atoms with Gasteiger partial charge in [-0.3, -0.25) is 9.59 Å². The van der Waals surface area contributed by atoms with E-state index in [1.807, 2.05) is 42.3 Å². The molecule has 0 radical (unpaired) electrons. The lowest BCUT2D eigenvalue weighted by Gasteiger charge is -2.38. The first-order chi connectivity index (χ1) is 13.6. The lowest BCUT2D eigenvalue weighted by atomic mass is 9.91. The minimum Gasteiger partial charge on any atom is -0.348 e. The molecule has 1 saturated heterocycles. The molecule has 1 aliphatic heterocycles. The fourth-order valence-corrected chi connectivity index (χ4v) is 5.63. The Balaban J connectivity index is 1.29. The van der Waals surface area contributed by atoms with Crippen LogP contribution in [0.25, 0.3) is 10.1 Å². The number of hydrogen-bond acceptors (Lipinski definition) is 4. The Bertz CT molecular complexity index is 1010. The Morgan fingerprint density at radius 2 is 1.93 bits per heavy atom. The quantitative estimate of drug-likeness (QED) is 0.743. The smallest absolute Gasteiger partial charge is 0.272 e. The Morgan fingerprint density at radius 1 is 1.18 bits per heavy atom. The van der Waals surface area contributed by atoms with Gasteiger partial charge in [-0.25, -0.2) is 4.98 Å². The molecule has 1 unspecified atom stereocenters. The molecule has 5 rings (SSSR count). The number of thiophene rings is 1. The second-order valence-corrected chi connectivity index (χ2v) is 8.93. The van der Waals surface area contributed by atoms with Gasteiger partial charge in [0, 0.05) is 30.9 Å². The van der Waals surface area contributed by atoms with Gasteiger partial charge in [-0.2, -0.15) is 0 Å². The van der Waals surface area contributed by atoms with E-state index in [4.69, 9.17) is 0 Å². The summed E-state index contributed by atoms with van der Waals surface area (Å²) in [5.41, 5.74) is 0.618. The van der Waals surface area contributed by atoms with Crippen molar-refractivity contribution in [3.8, 4) is 0 Å². The standard InChI is InChI=1S/C21H22N4O2S/c1-24-12-22-9-16(24)21(27)25-10-14-6-7-15(11-25)19(14)23-20(26)18-8-13-4-2-3-5-17(13)28-18/h2-5,8-9,12,14-15,19H,6-7,10-11H2,1H3,(H,23,26)/t14-,15+,19?. The fraction of sp³-hybridized carbons (Fsp3) is 0.381. The summed E-state index contributed by atoms with van der Waals surface area (Å²) < 4.78 is 2.90. The van der Waals surface area contributed by atoms with E-state index in [2.05, 4.69) is 10.3 Å². The van der Waals surface area contributed by atoms with Crippen LogP contribution in [-0.2, 0) is 7.05 Å². The van der Waals surface area contributed by atoms with Crippen molar-refractivity contribution in [3.63, 3.8) is 0 Å². The van der Waals surface area contributed by atoms with Crippen LogP contribution in [0, 0.1) is 11.8 Å². The van der Waals surface area contributed by atoms with Crippen molar-refractivity contribution in [3.05, 3.63) is 53.4 Å². The average Bonchev–Trinajstić information content (AvgIpc) is 3.37. The molecule has 3 atom stereocenters. The molecule has 2 amide bonds. The Labute approximate surface area is 167 Å². The van der Waals surface area contributed by atoms with E-state index in [-0.39, 0.29) is 17.9 Å². The summed E-state index contributed by atoms with van der Waals surface area (Å²) >= 11 is 1.54. The van der Waals surface area contributed by atoms with Gasteiger partial charge in [0.1, 0.15) is 5.69 Å². The summed E-state index contributed by atoms with van der Waals surface area (Å²) in [5.74, 6) is 0.671. The molecular formula is C21H22N4O2S. The number of aromatic nitrogens is 2. The van der Waals surface area contributed by atoms with Gasteiger partial charge < -0.3 is 14.8 Å². The lowest BCUT2D eigenvalue weighted by Crippen LogP contribution is -2.54. The van der Waals surface area contributed by atoms with Crippen LogP contribution in [0.2, 0.25) is 0 Å². The number of amides is 2. The molecule has 28 heavy (non-hydrogen) atoms. The van der Waals surface area contributed by atoms with Crippen LogP contribution in [0.15, 0.2) is 42.9 Å². The van der Waals surface area contributed by atoms with Crippen LogP contribution in [-0.4, -0.2) is 45.4 Å². The number of fused-ring (bicyclic) bond motifs is 3. The summed E-state index contributed by atoms with van der Waals surface area (Å²) in [5, 5.41) is 4.39. The van der Waals surface area contributed by atoms with Crippen LogP contribution in [0.1, 0.15) is 33.0 Å². The molecule has 2 bridgehead atoms. The van der Waals surface area contributed by atoms with Gasteiger partial charge >= 0.3 is 0 Å². The molecule has 3 aromatic rings. The fourth-order valence-electron chi connectivity index (χ4n) is 4.67. The largest absolute Gasteiger partial charge is 0.348 e. The normalized spacial score (nSPS) is 23.9. The first-order valence-electron chi connectivity index (χ1n) is 9.65. The number of piperidine rings is 1. The van der Waals surface area contributed by atoms with Crippen LogP contribution in [0.3, 0.4) is 0 Å². The van der Waals surface area contributed by atoms with Crippen molar-refractivity contribution in [2.75, 3.05) is 13.1 Å². The van der Waals surface area contributed by atoms with Crippen LogP contribution in [0.5, 0.6) is 0 Å². The first-order valence-corrected chi connectivity index (χ1v) is 10.5. The number of carbonyl (C=O) groups excluding carboxylic acids is 2. The van der Waals surface area contributed by atoms with E-state index in [9.17, 15) is 9.59 Å². The van der Waals surface area contributed by atoms with Crippen molar-refractivity contribution < 1.29 is 9.59 Å². The topological polar surface area (TPSA) is 67.2 Å². The molecule has 7 heteroatoms. The Morgan fingerprint density at radius 3 is 2.61 bits per heavy atom. The molecule has 2 aliphatic rings. The maximum Gasteiger partial charge on any atom is 0.272 e. The number of aryl methyl sites for hydroxylation is 1. The third-order valence-corrected chi connectivity index (χ3v) is 7.22. The molecule has 2 aromatic heterocycles. The summed E-state index contributed by atoms with van der Waals surface area (Å²) in [6.45, 7) is 1.38. The van der Waals surface area contributed by atoms with Gasteiger partial charge in [-0.1, -0.05) is 18.2 Å². The van der Waals surface area contributed by atoms with E-state index in [0.29, 0.717) is 30.6 Å². The highest BCUT2D eigenvalue weighted by Gasteiger charge is 2.44. The summed E-state index contributed by atoms with van der Waals surface area (Å²) in [6, 6.07) is 10.2. The minimum atomic E-state index is 0.00881. The average molecular weight is 395 g/mol. The Kier molecular flexibility index (Phi) is 4.19. The maximum absolute atomic E-state index is 12.9. The molecule has 1 saturated carbocycles. The van der Waals surface area contributed by atoms with E-state index in [1.165, 1.54) is 11.3 Å². The molecule has 0 spiro atoms. The lowest BCUT2D eigenvalue weighted by molar-refractivity contribution is 0.0590. The highest BCUT2D eigenvalue weighted by Crippen LogP contribution is 2.38. The third kappa shape index (κ3) is 2.90. The molecule has 1 aromatic carbocycles. The first kappa shape index (κ1) is 17.4. The zero-order chi connectivity index (χ0) is 19.3. The van der Waals surface area contributed by atoms with Gasteiger partial charge in [0.25, 0.3) is 11.8 Å². The van der Waals surface area contributed by atoms with E-state index >= 15 is 0 Å². The van der Waals surface area contributed by atoms with Gasteiger partial charge in [0.15, 0.2) is 0 Å². The second-order valence-electron chi connectivity index (χ2n) is 7.85. The molecule has 3 heterocycles. The van der Waals surface area contributed by atoms with Crippen molar-refractivity contribution in [2.45, 2.75) is 18.9 Å². The number of benzene rings is 1. The number of imidazole rings is 1. The monoisotopic (exact) mass is 394 g/mol. The van der Waals surface area contributed by atoms with Gasteiger partial charge in [0.2, 0.25) is 0 Å². The number of rotatable bonds is 3. The molecule has 6 nitrogen and oxygen atoms in total. The van der Waals surface area contributed by atoms with E-state index < -0.39 is 0 Å². The van der Waals surface area contributed by atoms with Crippen molar-refractivity contribution in [2.24, 2.45) is 18.9 Å². The number of nitrogens with zero attached hydrogens (tertiary/aromatic N) is 3. The molecule has 144 valence electrons. The predicted molar refractivity (Wildman–Crippen MR) is 108 cm³/mol. The highest BCUT2D eigenvalue weighted by atomic mass is 32.1. The molecular weight excluding hydrogens is 372 g/mol. The SMILES string of the molecule is Cn1cncc1C(=O)N1C[C@H]2CC[C@@H](C1)C2NC(=O)c1cc2ccccc2s1. The number of nitrogens with one attached hydrogen (secondary N) is 1. The number of carbonyl (C=O) groups is 2. The van der Waals surface area contributed by atoms with Gasteiger partial charge in [-0.15, -0.1) is 11.3 Å². The zero-order valence-corrected chi connectivity index (χ0v) is 16.5. The van der Waals surface area contributed by atoms with Crippen molar-refractivity contribution >= 4 is 33.2 Å².